The van der Waals surface area contributed by atoms with Crippen molar-refractivity contribution >= 4 is 23.0 Å². The second-order valence-electron chi connectivity index (χ2n) is 5.21. The Morgan fingerprint density at radius 1 is 1.40 bits per heavy atom. The minimum atomic E-state index is -0.452. The molecule has 0 saturated heterocycles. The topological polar surface area (TPSA) is 103 Å². The highest BCUT2D eigenvalue weighted by Gasteiger charge is 2.06. The number of nitrogens with zero attached hydrogens (tertiary/aromatic N) is 3. The van der Waals surface area contributed by atoms with Crippen LogP contribution in [0, 0.1) is 11.3 Å². The van der Waals surface area contributed by atoms with Crippen molar-refractivity contribution in [2.45, 2.75) is 13.0 Å². The zero-order valence-electron chi connectivity index (χ0n) is 13.3. The van der Waals surface area contributed by atoms with Gasteiger partial charge in [-0.1, -0.05) is 30.3 Å². The molecule has 0 bridgehead atoms. The van der Waals surface area contributed by atoms with E-state index in [-0.39, 0.29) is 6.42 Å². The maximum Gasteiger partial charge on any atom is 0.254 e. The number of ether oxygens (including phenoxy) is 1. The van der Waals surface area contributed by atoms with Crippen molar-refractivity contribution in [1.29, 1.82) is 5.26 Å². The number of hydrogen-bond donors (Lipinski definition) is 2. The molecule has 2 heterocycles. The van der Waals surface area contributed by atoms with Gasteiger partial charge in [0.1, 0.15) is 13.0 Å². The smallest absolute Gasteiger partial charge is 0.254 e. The number of rotatable bonds is 6. The molecule has 2 aromatic heterocycles. The van der Waals surface area contributed by atoms with Crippen molar-refractivity contribution in [3.05, 3.63) is 59.9 Å². The summed E-state index contributed by atoms with van der Waals surface area (Å²) in [5, 5.41) is 13.2. The molecule has 0 fully saturated rings. The Morgan fingerprint density at radius 2 is 2.24 bits per heavy atom. The van der Waals surface area contributed by atoms with Crippen LogP contribution >= 0.6 is 0 Å². The van der Waals surface area contributed by atoms with Crippen molar-refractivity contribution < 1.29 is 9.53 Å². The van der Waals surface area contributed by atoms with Gasteiger partial charge in [-0.25, -0.2) is 10.4 Å². The second kappa shape index (κ2) is 7.75. The number of aromatic amines is 1. The third kappa shape index (κ3) is 4.20. The van der Waals surface area contributed by atoms with Crippen LogP contribution in [0.2, 0.25) is 0 Å². The number of carbonyl (C=O) groups is 1. The molecule has 2 N–H and O–H groups in total. The van der Waals surface area contributed by atoms with E-state index in [0.29, 0.717) is 12.5 Å². The van der Waals surface area contributed by atoms with Gasteiger partial charge in [-0.2, -0.15) is 10.4 Å². The number of benzene rings is 1. The van der Waals surface area contributed by atoms with Gasteiger partial charge in [0.15, 0.2) is 0 Å². The van der Waals surface area contributed by atoms with E-state index in [2.05, 4.69) is 20.5 Å². The average Bonchev–Trinajstić information content (AvgIpc) is 3.03. The Hall–Kier alpha value is -3.66. The maximum absolute atomic E-state index is 11.2. The molecule has 25 heavy (non-hydrogen) atoms. The van der Waals surface area contributed by atoms with Gasteiger partial charge in [0.05, 0.1) is 24.0 Å². The highest BCUT2D eigenvalue weighted by atomic mass is 16.5. The van der Waals surface area contributed by atoms with Gasteiger partial charge >= 0.3 is 0 Å². The van der Waals surface area contributed by atoms with E-state index < -0.39 is 5.91 Å². The van der Waals surface area contributed by atoms with E-state index in [1.807, 2.05) is 36.4 Å². The first kappa shape index (κ1) is 16.2. The molecule has 3 rings (SSSR count). The molecule has 124 valence electrons. The summed E-state index contributed by atoms with van der Waals surface area (Å²) >= 11 is 0. The van der Waals surface area contributed by atoms with Gasteiger partial charge in [-0.15, -0.1) is 0 Å². The van der Waals surface area contributed by atoms with Crippen molar-refractivity contribution in [1.82, 2.24) is 15.4 Å². The van der Waals surface area contributed by atoms with Crippen molar-refractivity contribution in [2.24, 2.45) is 5.10 Å². The van der Waals surface area contributed by atoms with Gasteiger partial charge in [0.25, 0.3) is 5.91 Å². The van der Waals surface area contributed by atoms with Gasteiger partial charge in [0.2, 0.25) is 5.88 Å². The normalized spacial score (nSPS) is 10.7. The lowest BCUT2D eigenvalue weighted by Crippen LogP contribution is -2.16. The van der Waals surface area contributed by atoms with Crippen LogP contribution in [0.15, 0.2) is 53.9 Å². The lowest BCUT2D eigenvalue weighted by molar-refractivity contribution is -0.120. The maximum atomic E-state index is 11.2. The first-order valence-corrected chi connectivity index (χ1v) is 7.59. The molecule has 1 aromatic carbocycles. The number of aromatic nitrogens is 2. The number of carbonyl (C=O) groups excluding carboxylic acids is 1. The third-order valence-electron chi connectivity index (χ3n) is 3.44. The number of fused-ring (bicyclic) bond motifs is 1. The van der Waals surface area contributed by atoms with Crippen LogP contribution in [0.25, 0.3) is 10.9 Å². The predicted octanol–water partition coefficient (Wildman–Crippen LogP) is 2.51. The Bertz CT molecular complexity index is 941. The van der Waals surface area contributed by atoms with Crippen LogP contribution in [-0.2, 0) is 11.4 Å². The van der Waals surface area contributed by atoms with E-state index in [9.17, 15) is 4.79 Å². The lowest BCUT2D eigenvalue weighted by Gasteiger charge is -2.05. The number of H-pyrrole nitrogens is 1. The molecule has 3 aromatic rings. The molecule has 7 heteroatoms. The molecule has 7 nitrogen and oxygen atoms in total. The fourth-order valence-electron chi connectivity index (χ4n) is 2.23. The molecule has 1 amide bonds. The molecular weight excluding hydrogens is 318 g/mol. The average molecular weight is 333 g/mol. The van der Waals surface area contributed by atoms with Crippen LogP contribution in [0.3, 0.4) is 0 Å². The number of hydrazone groups is 1. The van der Waals surface area contributed by atoms with Crippen LogP contribution < -0.4 is 10.2 Å². The fraction of sp³-hybridized carbons (Fsp3) is 0.111. The van der Waals surface area contributed by atoms with Crippen LogP contribution in [0.1, 0.15) is 17.5 Å². The third-order valence-corrected chi connectivity index (χ3v) is 3.44. The van der Waals surface area contributed by atoms with E-state index >= 15 is 0 Å². The van der Waals surface area contributed by atoms with Crippen LogP contribution in [-0.4, -0.2) is 22.1 Å². The van der Waals surface area contributed by atoms with Gasteiger partial charge < -0.3 is 9.72 Å². The minimum absolute atomic E-state index is 0.230. The summed E-state index contributed by atoms with van der Waals surface area (Å²) in [6, 6.07) is 13.4. The molecule has 0 aliphatic heterocycles. The number of nitriles is 1. The summed E-state index contributed by atoms with van der Waals surface area (Å²) in [6.07, 6.45) is 4.72. The van der Waals surface area contributed by atoms with E-state index in [1.165, 1.54) is 6.21 Å². The monoisotopic (exact) mass is 333 g/mol. The Balaban J connectivity index is 1.72. The molecule has 0 radical (unpaired) electrons. The SMILES string of the molecule is N#CCC(=O)N/N=C/c1c[nH]c2cnc(OCc3ccccc3)cc12. The second-order valence-corrected chi connectivity index (χ2v) is 5.21. The van der Waals surface area contributed by atoms with E-state index in [0.717, 1.165) is 22.0 Å². The number of hydrogen-bond acceptors (Lipinski definition) is 5. The zero-order chi connectivity index (χ0) is 17.5. The van der Waals surface area contributed by atoms with Crippen molar-refractivity contribution in [3.63, 3.8) is 0 Å². The van der Waals surface area contributed by atoms with Crippen molar-refractivity contribution in [3.8, 4) is 11.9 Å². The number of pyridine rings is 1. The Labute approximate surface area is 144 Å². The summed E-state index contributed by atoms with van der Waals surface area (Å²) in [5.74, 6) is 0.0475. The molecule has 0 aliphatic carbocycles. The minimum Gasteiger partial charge on any atom is -0.473 e. The zero-order valence-corrected chi connectivity index (χ0v) is 13.3. The predicted molar refractivity (Wildman–Crippen MR) is 92.8 cm³/mol. The summed E-state index contributed by atoms with van der Waals surface area (Å²) in [7, 11) is 0. The summed E-state index contributed by atoms with van der Waals surface area (Å²) < 4.78 is 5.72. The standard InChI is InChI=1S/C18H15N5O2/c19-7-6-17(24)23-22-10-14-9-20-16-11-21-18(8-15(14)16)25-12-13-4-2-1-3-5-13/h1-5,8-11,20H,6,12H2,(H,23,24)/b22-10+. The Kier molecular flexibility index (Phi) is 5.02. The summed E-state index contributed by atoms with van der Waals surface area (Å²) in [4.78, 5) is 18.6. The van der Waals surface area contributed by atoms with Crippen LogP contribution in [0.5, 0.6) is 5.88 Å². The largest absolute Gasteiger partial charge is 0.473 e. The fourth-order valence-corrected chi connectivity index (χ4v) is 2.23. The van der Waals surface area contributed by atoms with Crippen LogP contribution in [0.4, 0.5) is 0 Å². The first-order valence-electron chi connectivity index (χ1n) is 7.59. The summed E-state index contributed by atoms with van der Waals surface area (Å²) in [5.41, 5.74) is 4.96. The lowest BCUT2D eigenvalue weighted by atomic mass is 10.2. The van der Waals surface area contributed by atoms with E-state index in [1.54, 1.807) is 18.5 Å². The highest BCUT2D eigenvalue weighted by Crippen LogP contribution is 2.21. The molecule has 0 atom stereocenters. The quantitative estimate of drug-likeness (QED) is 0.534. The number of nitrogens with one attached hydrogen (secondary N) is 2. The van der Waals surface area contributed by atoms with Crippen molar-refractivity contribution in [2.75, 3.05) is 0 Å². The molecule has 0 saturated carbocycles. The summed E-state index contributed by atoms with van der Waals surface area (Å²) in [6.45, 7) is 0.428. The van der Waals surface area contributed by atoms with Gasteiger partial charge in [0, 0.05) is 23.2 Å². The molecule has 0 spiro atoms. The molecular formula is C18H15N5O2. The number of amides is 1. The Morgan fingerprint density at radius 3 is 3.04 bits per heavy atom. The highest BCUT2D eigenvalue weighted by molar-refractivity contribution is 5.99. The van der Waals surface area contributed by atoms with E-state index in [4.69, 9.17) is 10.00 Å². The first-order chi connectivity index (χ1) is 12.3. The van der Waals surface area contributed by atoms with Gasteiger partial charge in [-0.05, 0) is 5.56 Å². The van der Waals surface area contributed by atoms with Gasteiger partial charge in [-0.3, -0.25) is 4.79 Å². The molecule has 0 unspecified atom stereocenters. The molecule has 0 aliphatic rings.